The third-order valence-electron chi connectivity index (χ3n) is 3.26. The van der Waals surface area contributed by atoms with E-state index in [1.165, 1.54) is 10.6 Å². The van der Waals surface area contributed by atoms with Crippen LogP contribution in [0.4, 0.5) is 5.82 Å². The van der Waals surface area contributed by atoms with Crippen LogP contribution in [-0.4, -0.2) is 25.1 Å². The largest absolute Gasteiger partial charge is 0.307 e. The van der Waals surface area contributed by atoms with E-state index in [4.69, 9.17) is 0 Å². The van der Waals surface area contributed by atoms with Crippen LogP contribution in [0.15, 0.2) is 47.7 Å². The van der Waals surface area contributed by atoms with E-state index in [0.29, 0.717) is 11.5 Å². The number of hydrogen-bond donors (Lipinski definition) is 1. The summed E-state index contributed by atoms with van der Waals surface area (Å²) in [4.78, 5) is 28.8. The van der Waals surface area contributed by atoms with Gasteiger partial charge in [-0.3, -0.25) is 14.0 Å². The van der Waals surface area contributed by atoms with Gasteiger partial charge in [0.05, 0.1) is 6.20 Å². The summed E-state index contributed by atoms with van der Waals surface area (Å²) in [6, 6.07) is 6.98. The van der Waals surface area contributed by atoms with Gasteiger partial charge in [0.25, 0.3) is 11.5 Å². The molecule has 0 aliphatic rings. The van der Waals surface area contributed by atoms with Crippen molar-refractivity contribution in [1.82, 2.24) is 19.2 Å². The fourth-order valence-electron chi connectivity index (χ4n) is 2.19. The van der Waals surface area contributed by atoms with Gasteiger partial charge in [-0.2, -0.15) is 5.10 Å². The molecule has 0 aromatic carbocycles. The van der Waals surface area contributed by atoms with Gasteiger partial charge >= 0.3 is 0 Å². The van der Waals surface area contributed by atoms with E-state index >= 15 is 0 Å². The minimum Gasteiger partial charge on any atom is -0.307 e. The summed E-state index contributed by atoms with van der Waals surface area (Å²) < 4.78 is 3.01. The highest BCUT2D eigenvalue weighted by Crippen LogP contribution is 2.13. The molecule has 0 unspecified atom stereocenters. The van der Waals surface area contributed by atoms with Gasteiger partial charge in [-0.15, -0.1) is 0 Å². The SMILES string of the molecule is CC(C)n1nccc1NC(=O)c1cnc2ccccn2c1=O. The van der Waals surface area contributed by atoms with E-state index in [1.807, 2.05) is 13.8 Å². The third kappa shape index (κ3) is 2.37. The van der Waals surface area contributed by atoms with Crippen molar-refractivity contribution in [2.45, 2.75) is 19.9 Å². The molecule has 3 aromatic heterocycles. The van der Waals surface area contributed by atoms with Gasteiger partial charge in [0, 0.05) is 24.5 Å². The first kappa shape index (κ1) is 14.0. The van der Waals surface area contributed by atoms with E-state index < -0.39 is 11.5 Å². The molecule has 0 saturated carbocycles. The van der Waals surface area contributed by atoms with Crippen LogP contribution in [0.3, 0.4) is 0 Å². The number of hydrogen-bond acceptors (Lipinski definition) is 4. The summed E-state index contributed by atoms with van der Waals surface area (Å²) in [6.45, 7) is 3.91. The second-order valence-electron chi connectivity index (χ2n) is 5.11. The maximum Gasteiger partial charge on any atom is 0.270 e. The summed E-state index contributed by atoms with van der Waals surface area (Å²) in [7, 11) is 0. The molecule has 7 heteroatoms. The first-order chi connectivity index (χ1) is 10.6. The molecule has 3 rings (SSSR count). The first-order valence-corrected chi connectivity index (χ1v) is 6.89. The summed E-state index contributed by atoms with van der Waals surface area (Å²) in [5.74, 6) is 0.0377. The molecule has 0 aliphatic heterocycles. The molecule has 0 atom stereocenters. The van der Waals surface area contributed by atoms with Crippen molar-refractivity contribution in [3.63, 3.8) is 0 Å². The second kappa shape index (κ2) is 5.44. The zero-order valence-electron chi connectivity index (χ0n) is 12.2. The van der Waals surface area contributed by atoms with Gasteiger partial charge in [0.1, 0.15) is 17.0 Å². The molecular weight excluding hydrogens is 282 g/mol. The predicted molar refractivity (Wildman–Crippen MR) is 82.0 cm³/mol. The number of pyridine rings is 1. The van der Waals surface area contributed by atoms with Gasteiger partial charge in [-0.05, 0) is 26.0 Å². The monoisotopic (exact) mass is 297 g/mol. The number of rotatable bonds is 3. The third-order valence-corrected chi connectivity index (χ3v) is 3.26. The molecule has 3 aromatic rings. The minimum atomic E-state index is -0.502. The van der Waals surface area contributed by atoms with Crippen molar-refractivity contribution in [3.8, 4) is 0 Å². The Labute approximate surface area is 126 Å². The number of carbonyl (C=O) groups excluding carboxylic acids is 1. The van der Waals surface area contributed by atoms with Gasteiger partial charge < -0.3 is 5.32 Å². The molecule has 1 amide bonds. The van der Waals surface area contributed by atoms with Gasteiger partial charge in [-0.25, -0.2) is 9.67 Å². The number of anilines is 1. The Kier molecular flexibility index (Phi) is 3.46. The van der Waals surface area contributed by atoms with Crippen molar-refractivity contribution in [3.05, 3.63) is 58.8 Å². The molecular formula is C15H15N5O2. The van der Waals surface area contributed by atoms with E-state index in [9.17, 15) is 9.59 Å². The Morgan fingerprint density at radius 1 is 1.27 bits per heavy atom. The van der Waals surface area contributed by atoms with Crippen molar-refractivity contribution in [2.24, 2.45) is 0 Å². The Morgan fingerprint density at radius 2 is 2.09 bits per heavy atom. The molecule has 0 saturated heterocycles. The number of fused-ring (bicyclic) bond motifs is 1. The number of amides is 1. The highest BCUT2D eigenvalue weighted by atomic mass is 16.2. The average Bonchev–Trinajstić information content (AvgIpc) is 2.96. The first-order valence-electron chi connectivity index (χ1n) is 6.89. The van der Waals surface area contributed by atoms with Crippen LogP contribution in [0.2, 0.25) is 0 Å². The fourth-order valence-corrected chi connectivity index (χ4v) is 2.19. The number of aromatic nitrogens is 4. The van der Waals surface area contributed by atoms with E-state index in [0.717, 1.165) is 0 Å². The zero-order chi connectivity index (χ0) is 15.7. The smallest absolute Gasteiger partial charge is 0.270 e. The van der Waals surface area contributed by atoms with Crippen LogP contribution < -0.4 is 10.9 Å². The number of nitrogens with zero attached hydrogens (tertiary/aromatic N) is 4. The normalized spacial score (nSPS) is 11.0. The molecule has 0 fully saturated rings. The summed E-state index contributed by atoms with van der Waals surface area (Å²) >= 11 is 0. The maximum absolute atomic E-state index is 12.4. The quantitative estimate of drug-likeness (QED) is 0.798. The number of nitrogens with one attached hydrogen (secondary N) is 1. The maximum atomic E-state index is 12.4. The molecule has 7 nitrogen and oxygen atoms in total. The zero-order valence-corrected chi connectivity index (χ0v) is 12.2. The van der Waals surface area contributed by atoms with Gasteiger partial charge in [0.15, 0.2) is 0 Å². The van der Waals surface area contributed by atoms with Crippen LogP contribution >= 0.6 is 0 Å². The fraction of sp³-hybridized carbons (Fsp3) is 0.200. The van der Waals surface area contributed by atoms with Crippen molar-refractivity contribution >= 4 is 17.4 Å². The van der Waals surface area contributed by atoms with E-state index in [-0.39, 0.29) is 11.6 Å². The van der Waals surface area contributed by atoms with Crippen LogP contribution in [-0.2, 0) is 0 Å². The van der Waals surface area contributed by atoms with E-state index in [2.05, 4.69) is 15.4 Å². The van der Waals surface area contributed by atoms with Crippen LogP contribution in [0.1, 0.15) is 30.2 Å². The molecule has 0 radical (unpaired) electrons. The molecule has 112 valence electrons. The lowest BCUT2D eigenvalue weighted by atomic mass is 10.3. The van der Waals surface area contributed by atoms with Crippen LogP contribution in [0, 0.1) is 0 Å². The minimum absolute atomic E-state index is 0.0137. The van der Waals surface area contributed by atoms with Crippen molar-refractivity contribution in [1.29, 1.82) is 0 Å². The lowest BCUT2D eigenvalue weighted by Crippen LogP contribution is -2.27. The van der Waals surface area contributed by atoms with E-state index in [1.54, 1.807) is 41.3 Å². The molecule has 22 heavy (non-hydrogen) atoms. The molecule has 0 bridgehead atoms. The van der Waals surface area contributed by atoms with Crippen molar-refractivity contribution in [2.75, 3.05) is 5.32 Å². The Bertz CT molecular complexity index is 894. The molecule has 3 heterocycles. The van der Waals surface area contributed by atoms with Crippen LogP contribution in [0.25, 0.3) is 5.65 Å². The lowest BCUT2D eigenvalue weighted by molar-refractivity contribution is 0.102. The summed E-state index contributed by atoms with van der Waals surface area (Å²) in [6.07, 6.45) is 4.48. The Hall–Kier alpha value is -2.96. The van der Waals surface area contributed by atoms with Crippen molar-refractivity contribution < 1.29 is 4.79 Å². The molecule has 1 N–H and O–H groups in total. The topological polar surface area (TPSA) is 81.3 Å². The molecule has 0 aliphatic carbocycles. The Morgan fingerprint density at radius 3 is 2.86 bits per heavy atom. The van der Waals surface area contributed by atoms with Gasteiger partial charge in [-0.1, -0.05) is 6.07 Å². The summed E-state index contributed by atoms with van der Waals surface area (Å²) in [5.41, 5.74) is 0.0789. The van der Waals surface area contributed by atoms with Gasteiger partial charge in [0.2, 0.25) is 0 Å². The standard InChI is InChI=1S/C15H15N5O2/c1-10(2)20-13(6-7-17-20)18-14(21)11-9-16-12-5-3-4-8-19(12)15(11)22/h3-10H,1-2H3,(H,18,21). The molecule has 0 spiro atoms. The second-order valence-corrected chi connectivity index (χ2v) is 5.11. The predicted octanol–water partition coefficient (Wildman–Crippen LogP) is 1.72. The number of carbonyl (C=O) groups is 1. The highest BCUT2D eigenvalue weighted by molar-refractivity contribution is 6.03. The Balaban J connectivity index is 1.97. The highest BCUT2D eigenvalue weighted by Gasteiger charge is 2.15. The average molecular weight is 297 g/mol. The summed E-state index contributed by atoms with van der Waals surface area (Å²) in [5, 5.41) is 6.84. The van der Waals surface area contributed by atoms with Crippen LogP contribution in [0.5, 0.6) is 0 Å². The lowest BCUT2D eigenvalue weighted by Gasteiger charge is -2.11.